The van der Waals surface area contributed by atoms with Crippen molar-refractivity contribution in [1.82, 2.24) is 10.2 Å². The molecule has 1 amide bonds. The van der Waals surface area contributed by atoms with Crippen LogP contribution in [0.1, 0.15) is 35.1 Å². The average Bonchev–Trinajstić information content (AvgIpc) is 3.16. The zero-order chi connectivity index (χ0) is 18.2. The molecule has 26 heavy (non-hydrogen) atoms. The minimum atomic E-state index is 0.102. The van der Waals surface area contributed by atoms with E-state index in [1.807, 2.05) is 6.07 Å². The summed E-state index contributed by atoms with van der Waals surface area (Å²) in [6.45, 7) is 6.20. The maximum absolute atomic E-state index is 12.0. The molecule has 3 rings (SSSR count). The van der Waals surface area contributed by atoms with Gasteiger partial charge < -0.3 is 5.32 Å². The second-order valence-electron chi connectivity index (χ2n) is 7.00. The van der Waals surface area contributed by atoms with Gasteiger partial charge in [-0.1, -0.05) is 48.5 Å². The topological polar surface area (TPSA) is 32.3 Å². The lowest BCUT2D eigenvalue weighted by Gasteiger charge is -2.14. The Morgan fingerprint density at radius 1 is 1.04 bits per heavy atom. The van der Waals surface area contributed by atoms with Gasteiger partial charge in [0.1, 0.15) is 0 Å². The van der Waals surface area contributed by atoms with E-state index in [0.29, 0.717) is 12.3 Å². The predicted octanol–water partition coefficient (Wildman–Crippen LogP) is 4.14. The molecular weight excluding hydrogens is 340 g/mol. The third-order valence-electron chi connectivity index (χ3n) is 4.87. The van der Waals surface area contributed by atoms with Gasteiger partial charge in [0.2, 0.25) is 5.91 Å². The van der Waals surface area contributed by atoms with Gasteiger partial charge in [0.15, 0.2) is 0 Å². The van der Waals surface area contributed by atoms with Gasteiger partial charge in [0, 0.05) is 18.8 Å². The number of rotatable bonds is 8. The first-order chi connectivity index (χ1) is 12.7. The Morgan fingerprint density at radius 3 is 2.46 bits per heavy atom. The summed E-state index contributed by atoms with van der Waals surface area (Å²) < 4.78 is 0. The standard InChI is InChI=1S/C22H28N2OS/c1-18-6-2-3-7-21(18)16-26-17-22(25)23-14-19-8-10-20(11-9-19)15-24-12-4-5-13-24/h2-3,6-11H,4-5,12-17H2,1H3,(H,23,25). The Kier molecular flexibility index (Phi) is 7.15. The van der Waals surface area contributed by atoms with E-state index in [1.165, 1.54) is 42.6 Å². The number of carbonyl (C=O) groups excluding carboxylic acids is 1. The lowest BCUT2D eigenvalue weighted by Crippen LogP contribution is -2.24. The summed E-state index contributed by atoms with van der Waals surface area (Å²) in [6.07, 6.45) is 2.65. The molecule has 0 spiro atoms. The van der Waals surface area contributed by atoms with Gasteiger partial charge in [-0.3, -0.25) is 9.69 Å². The molecule has 138 valence electrons. The van der Waals surface area contributed by atoms with Crippen molar-refractivity contribution >= 4 is 17.7 Å². The fraction of sp³-hybridized carbons (Fsp3) is 0.409. The van der Waals surface area contributed by atoms with Gasteiger partial charge in [-0.2, -0.15) is 0 Å². The van der Waals surface area contributed by atoms with Crippen molar-refractivity contribution in [3.63, 3.8) is 0 Å². The number of benzene rings is 2. The van der Waals surface area contributed by atoms with Crippen LogP contribution >= 0.6 is 11.8 Å². The highest BCUT2D eigenvalue weighted by molar-refractivity contribution is 7.99. The highest BCUT2D eigenvalue weighted by Gasteiger charge is 2.11. The maximum atomic E-state index is 12.0. The van der Waals surface area contributed by atoms with E-state index in [0.717, 1.165) is 17.9 Å². The zero-order valence-electron chi connectivity index (χ0n) is 15.5. The van der Waals surface area contributed by atoms with Gasteiger partial charge in [0.25, 0.3) is 0 Å². The highest BCUT2D eigenvalue weighted by atomic mass is 32.2. The molecule has 0 saturated carbocycles. The summed E-state index contributed by atoms with van der Waals surface area (Å²) in [5.74, 6) is 1.48. The second-order valence-corrected chi connectivity index (χ2v) is 7.98. The molecule has 1 N–H and O–H groups in total. The number of amides is 1. The van der Waals surface area contributed by atoms with Gasteiger partial charge in [0.05, 0.1) is 5.75 Å². The number of nitrogens with one attached hydrogen (secondary N) is 1. The molecule has 3 nitrogen and oxygen atoms in total. The first kappa shape index (κ1) is 19.0. The van der Waals surface area contributed by atoms with Crippen molar-refractivity contribution in [2.75, 3.05) is 18.8 Å². The van der Waals surface area contributed by atoms with Crippen LogP contribution in [0.4, 0.5) is 0 Å². The Balaban J connectivity index is 1.36. The van der Waals surface area contributed by atoms with Gasteiger partial charge in [-0.05, 0) is 55.1 Å². The van der Waals surface area contributed by atoms with E-state index in [4.69, 9.17) is 0 Å². The number of carbonyl (C=O) groups is 1. The van der Waals surface area contributed by atoms with Crippen molar-refractivity contribution in [2.45, 2.75) is 38.6 Å². The smallest absolute Gasteiger partial charge is 0.230 e. The third kappa shape index (κ3) is 5.89. The van der Waals surface area contributed by atoms with Crippen molar-refractivity contribution in [1.29, 1.82) is 0 Å². The number of hydrogen-bond donors (Lipinski definition) is 1. The fourth-order valence-corrected chi connectivity index (χ4v) is 4.17. The molecule has 0 unspecified atom stereocenters. The summed E-state index contributed by atoms with van der Waals surface area (Å²) in [5.41, 5.74) is 5.11. The number of aryl methyl sites for hydroxylation is 1. The van der Waals surface area contributed by atoms with E-state index in [9.17, 15) is 4.79 Å². The molecule has 1 aliphatic heterocycles. The molecule has 0 aliphatic carbocycles. The summed E-state index contributed by atoms with van der Waals surface area (Å²) in [4.78, 5) is 14.6. The molecule has 1 aliphatic rings. The van der Waals surface area contributed by atoms with Crippen LogP contribution in [0, 0.1) is 6.92 Å². The van der Waals surface area contributed by atoms with Crippen LogP contribution in [0.2, 0.25) is 0 Å². The molecular formula is C22H28N2OS. The van der Waals surface area contributed by atoms with Crippen LogP contribution < -0.4 is 5.32 Å². The third-order valence-corrected chi connectivity index (χ3v) is 5.85. The largest absolute Gasteiger partial charge is 0.351 e. The number of thioether (sulfide) groups is 1. The number of likely N-dealkylation sites (tertiary alicyclic amines) is 1. The van der Waals surface area contributed by atoms with E-state index < -0.39 is 0 Å². The number of nitrogens with zero attached hydrogens (tertiary/aromatic N) is 1. The molecule has 1 fully saturated rings. The van der Waals surface area contributed by atoms with Crippen LogP contribution in [0.5, 0.6) is 0 Å². The summed E-state index contributed by atoms with van der Waals surface area (Å²) in [7, 11) is 0. The normalized spacial score (nSPS) is 14.5. The lowest BCUT2D eigenvalue weighted by atomic mass is 10.1. The zero-order valence-corrected chi connectivity index (χ0v) is 16.4. The first-order valence-electron chi connectivity index (χ1n) is 9.40. The summed E-state index contributed by atoms with van der Waals surface area (Å²) >= 11 is 1.67. The Bertz CT molecular complexity index is 708. The molecule has 0 atom stereocenters. The molecule has 4 heteroatoms. The van der Waals surface area contributed by atoms with Crippen LogP contribution in [-0.2, 0) is 23.6 Å². The van der Waals surface area contributed by atoms with E-state index in [-0.39, 0.29) is 5.91 Å². The van der Waals surface area contributed by atoms with Crippen LogP contribution in [0.15, 0.2) is 48.5 Å². The number of hydrogen-bond acceptors (Lipinski definition) is 3. The lowest BCUT2D eigenvalue weighted by molar-refractivity contribution is -0.118. The van der Waals surface area contributed by atoms with Gasteiger partial charge in [-0.25, -0.2) is 0 Å². The van der Waals surface area contributed by atoms with E-state index in [1.54, 1.807) is 11.8 Å². The molecule has 2 aromatic rings. The summed E-state index contributed by atoms with van der Waals surface area (Å²) in [6, 6.07) is 17.0. The monoisotopic (exact) mass is 368 g/mol. The van der Waals surface area contributed by atoms with Crippen molar-refractivity contribution in [3.8, 4) is 0 Å². The molecule has 0 radical (unpaired) electrons. The van der Waals surface area contributed by atoms with E-state index in [2.05, 4.69) is 59.6 Å². The molecule has 2 aromatic carbocycles. The van der Waals surface area contributed by atoms with Crippen LogP contribution in [-0.4, -0.2) is 29.6 Å². The predicted molar refractivity (Wildman–Crippen MR) is 110 cm³/mol. The molecule has 1 saturated heterocycles. The minimum Gasteiger partial charge on any atom is -0.351 e. The Morgan fingerprint density at radius 2 is 1.73 bits per heavy atom. The van der Waals surface area contributed by atoms with E-state index >= 15 is 0 Å². The minimum absolute atomic E-state index is 0.102. The molecule has 1 heterocycles. The van der Waals surface area contributed by atoms with Crippen LogP contribution in [0.3, 0.4) is 0 Å². The van der Waals surface area contributed by atoms with Crippen molar-refractivity contribution < 1.29 is 4.79 Å². The summed E-state index contributed by atoms with van der Waals surface area (Å²) in [5, 5.41) is 3.02. The average molecular weight is 369 g/mol. The van der Waals surface area contributed by atoms with Gasteiger partial charge >= 0.3 is 0 Å². The molecule has 0 aromatic heterocycles. The quantitative estimate of drug-likeness (QED) is 0.760. The second kappa shape index (κ2) is 9.79. The highest BCUT2D eigenvalue weighted by Crippen LogP contribution is 2.16. The SMILES string of the molecule is Cc1ccccc1CSCC(=O)NCc1ccc(CN2CCCC2)cc1. The van der Waals surface area contributed by atoms with Crippen molar-refractivity contribution in [2.24, 2.45) is 0 Å². The Labute approximate surface area is 161 Å². The Hall–Kier alpha value is -1.78. The fourth-order valence-electron chi connectivity index (χ4n) is 3.24. The van der Waals surface area contributed by atoms with Crippen LogP contribution in [0.25, 0.3) is 0 Å². The maximum Gasteiger partial charge on any atom is 0.230 e. The molecule has 0 bridgehead atoms. The van der Waals surface area contributed by atoms with Gasteiger partial charge in [-0.15, -0.1) is 11.8 Å². The first-order valence-corrected chi connectivity index (χ1v) is 10.6. The van der Waals surface area contributed by atoms with Crippen molar-refractivity contribution in [3.05, 3.63) is 70.8 Å².